The first-order chi connectivity index (χ1) is 12.7. The van der Waals surface area contributed by atoms with Crippen LogP contribution >= 0.6 is 12.4 Å². The molecule has 0 spiro atoms. The van der Waals surface area contributed by atoms with Crippen molar-refractivity contribution in [3.8, 4) is 0 Å². The Kier molecular flexibility index (Phi) is 6.75. The molecule has 1 aliphatic heterocycles. The van der Waals surface area contributed by atoms with Gasteiger partial charge < -0.3 is 11.1 Å². The number of hydrogen-bond donors (Lipinski definition) is 2. The highest BCUT2D eigenvalue weighted by atomic mass is 35.5. The SMILES string of the molecule is CC(C)(N)CNC(=O)c1cccc(S(=O)(=O)N2CCCc3ccccc32)c1.Cl. The van der Waals surface area contributed by atoms with Gasteiger partial charge in [0.15, 0.2) is 0 Å². The van der Waals surface area contributed by atoms with Crippen LogP contribution in [0.15, 0.2) is 53.4 Å². The molecule has 0 saturated heterocycles. The van der Waals surface area contributed by atoms with Crippen molar-refractivity contribution in [2.75, 3.05) is 17.4 Å². The van der Waals surface area contributed by atoms with Crippen molar-refractivity contribution < 1.29 is 13.2 Å². The maximum absolute atomic E-state index is 13.2. The summed E-state index contributed by atoms with van der Waals surface area (Å²) >= 11 is 0. The maximum Gasteiger partial charge on any atom is 0.264 e. The number of nitrogens with one attached hydrogen (secondary N) is 1. The van der Waals surface area contributed by atoms with Crippen LogP contribution < -0.4 is 15.4 Å². The molecule has 0 fully saturated rings. The first kappa shape index (κ1) is 22.2. The number of hydrogen-bond acceptors (Lipinski definition) is 4. The second kappa shape index (κ2) is 8.51. The van der Waals surface area contributed by atoms with E-state index in [1.165, 1.54) is 16.4 Å². The van der Waals surface area contributed by atoms with Gasteiger partial charge in [-0.1, -0.05) is 24.3 Å². The molecular formula is C20H26ClN3O3S. The van der Waals surface area contributed by atoms with E-state index in [-0.39, 0.29) is 23.2 Å². The van der Waals surface area contributed by atoms with E-state index >= 15 is 0 Å². The topological polar surface area (TPSA) is 92.5 Å². The molecule has 0 aromatic heterocycles. The van der Waals surface area contributed by atoms with Crippen LogP contribution in [-0.4, -0.2) is 33.0 Å². The number of para-hydroxylation sites is 1. The molecule has 6 nitrogen and oxygen atoms in total. The molecule has 2 aromatic carbocycles. The van der Waals surface area contributed by atoms with Gasteiger partial charge in [0.1, 0.15) is 0 Å². The molecule has 0 unspecified atom stereocenters. The number of amides is 1. The lowest BCUT2D eigenvalue weighted by molar-refractivity contribution is 0.0946. The molecule has 152 valence electrons. The second-order valence-electron chi connectivity index (χ2n) is 7.51. The number of aryl methyl sites for hydroxylation is 1. The van der Waals surface area contributed by atoms with Crippen LogP contribution in [0.5, 0.6) is 0 Å². The van der Waals surface area contributed by atoms with E-state index in [1.807, 2.05) is 38.1 Å². The molecule has 0 saturated carbocycles. The first-order valence-corrected chi connectivity index (χ1v) is 10.4. The Labute approximate surface area is 172 Å². The predicted molar refractivity (Wildman–Crippen MR) is 114 cm³/mol. The van der Waals surface area contributed by atoms with Crippen molar-refractivity contribution in [1.29, 1.82) is 0 Å². The van der Waals surface area contributed by atoms with Crippen LogP contribution in [0.3, 0.4) is 0 Å². The number of nitrogens with zero attached hydrogens (tertiary/aromatic N) is 1. The summed E-state index contributed by atoms with van der Waals surface area (Å²) in [5, 5.41) is 2.74. The Bertz CT molecular complexity index is 955. The van der Waals surface area contributed by atoms with Gasteiger partial charge in [-0.25, -0.2) is 8.42 Å². The Balaban J connectivity index is 0.00000280. The zero-order chi connectivity index (χ0) is 19.7. The average Bonchev–Trinajstić information content (AvgIpc) is 2.65. The smallest absolute Gasteiger partial charge is 0.264 e. The van der Waals surface area contributed by atoms with Gasteiger partial charge in [0.25, 0.3) is 15.9 Å². The van der Waals surface area contributed by atoms with Crippen molar-refractivity contribution in [2.24, 2.45) is 5.73 Å². The molecule has 0 bridgehead atoms. The zero-order valence-electron chi connectivity index (χ0n) is 16.0. The average molecular weight is 424 g/mol. The fourth-order valence-electron chi connectivity index (χ4n) is 3.08. The Morgan fingerprint density at radius 1 is 1.18 bits per heavy atom. The number of carbonyl (C=O) groups is 1. The lowest BCUT2D eigenvalue weighted by atomic mass is 10.0. The molecule has 3 rings (SSSR count). The Morgan fingerprint density at radius 2 is 1.89 bits per heavy atom. The van der Waals surface area contributed by atoms with Crippen LogP contribution in [0.1, 0.15) is 36.2 Å². The molecule has 0 atom stereocenters. The third-order valence-electron chi connectivity index (χ3n) is 4.46. The van der Waals surface area contributed by atoms with Crippen LogP contribution in [0, 0.1) is 0 Å². The first-order valence-electron chi connectivity index (χ1n) is 8.96. The number of nitrogens with two attached hydrogens (primary N) is 1. The van der Waals surface area contributed by atoms with Crippen molar-refractivity contribution in [3.05, 3.63) is 59.7 Å². The van der Waals surface area contributed by atoms with E-state index in [1.54, 1.807) is 12.1 Å². The van der Waals surface area contributed by atoms with Crippen LogP contribution in [0.2, 0.25) is 0 Å². The van der Waals surface area contributed by atoms with Gasteiger partial charge in [-0.15, -0.1) is 12.4 Å². The summed E-state index contributed by atoms with van der Waals surface area (Å²) in [5.41, 5.74) is 7.37. The minimum atomic E-state index is -3.75. The molecular weight excluding hydrogens is 398 g/mol. The highest BCUT2D eigenvalue weighted by Crippen LogP contribution is 2.31. The monoisotopic (exact) mass is 423 g/mol. The van der Waals surface area contributed by atoms with Crippen molar-refractivity contribution in [2.45, 2.75) is 37.1 Å². The van der Waals surface area contributed by atoms with E-state index in [4.69, 9.17) is 5.73 Å². The third-order valence-corrected chi connectivity index (χ3v) is 6.27. The number of fused-ring (bicyclic) bond motifs is 1. The molecule has 1 heterocycles. The minimum absolute atomic E-state index is 0. The van der Waals surface area contributed by atoms with Crippen molar-refractivity contribution >= 4 is 34.0 Å². The lowest BCUT2D eigenvalue weighted by Gasteiger charge is -2.30. The summed E-state index contributed by atoms with van der Waals surface area (Å²) in [6.45, 7) is 4.34. The third kappa shape index (κ3) is 4.84. The van der Waals surface area contributed by atoms with Gasteiger partial charge in [-0.3, -0.25) is 9.10 Å². The van der Waals surface area contributed by atoms with Gasteiger partial charge in [-0.2, -0.15) is 0 Å². The van der Waals surface area contributed by atoms with Crippen LogP contribution in [0.25, 0.3) is 0 Å². The highest BCUT2D eigenvalue weighted by molar-refractivity contribution is 7.92. The van der Waals surface area contributed by atoms with E-state index in [2.05, 4.69) is 5.32 Å². The number of anilines is 1. The van der Waals surface area contributed by atoms with Gasteiger partial charge in [0, 0.05) is 24.2 Å². The van der Waals surface area contributed by atoms with Crippen molar-refractivity contribution in [3.63, 3.8) is 0 Å². The quantitative estimate of drug-likeness (QED) is 0.773. The van der Waals surface area contributed by atoms with E-state index in [0.29, 0.717) is 24.3 Å². The summed E-state index contributed by atoms with van der Waals surface area (Å²) in [6, 6.07) is 13.7. The standard InChI is InChI=1S/C20H25N3O3S.ClH/c1-20(2,21)14-22-19(24)16-8-5-10-17(13-16)27(25,26)23-12-6-9-15-7-3-4-11-18(15)23;/h3-5,7-8,10-11,13H,6,9,12,14,21H2,1-2H3,(H,22,24);1H. The molecule has 8 heteroatoms. The summed E-state index contributed by atoms with van der Waals surface area (Å²) in [5.74, 6) is -0.343. The predicted octanol–water partition coefficient (Wildman–Crippen LogP) is 2.72. The van der Waals surface area contributed by atoms with Gasteiger partial charge in [0.2, 0.25) is 0 Å². The number of halogens is 1. The number of rotatable bonds is 5. The number of benzene rings is 2. The molecule has 1 aliphatic rings. The summed E-state index contributed by atoms with van der Waals surface area (Å²) in [4.78, 5) is 12.5. The largest absolute Gasteiger partial charge is 0.350 e. The molecule has 0 aliphatic carbocycles. The number of sulfonamides is 1. The molecule has 1 amide bonds. The molecule has 3 N–H and O–H groups in total. The van der Waals surface area contributed by atoms with E-state index in [0.717, 1.165) is 18.4 Å². The minimum Gasteiger partial charge on any atom is -0.350 e. The zero-order valence-corrected chi connectivity index (χ0v) is 17.6. The van der Waals surface area contributed by atoms with Gasteiger partial charge in [-0.05, 0) is 56.5 Å². The fourth-order valence-corrected chi connectivity index (χ4v) is 4.67. The second-order valence-corrected chi connectivity index (χ2v) is 9.37. The Hall–Kier alpha value is -2.09. The maximum atomic E-state index is 13.2. The molecule has 0 radical (unpaired) electrons. The van der Waals surface area contributed by atoms with Crippen LogP contribution in [0.4, 0.5) is 5.69 Å². The fraction of sp³-hybridized carbons (Fsp3) is 0.350. The highest BCUT2D eigenvalue weighted by Gasteiger charge is 2.29. The van der Waals surface area contributed by atoms with Crippen LogP contribution in [-0.2, 0) is 16.4 Å². The van der Waals surface area contributed by atoms with Gasteiger partial charge in [0.05, 0.1) is 10.6 Å². The Morgan fingerprint density at radius 3 is 2.61 bits per heavy atom. The van der Waals surface area contributed by atoms with E-state index in [9.17, 15) is 13.2 Å². The summed E-state index contributed by atoms with van der Waals surface area (Å²) in [6.07, 6.45) is 1.63. The molecule has 2 aromatic rings. The summed E-state index contributed by atoms with van der Waals surface area (Å²) < 4.78 is 27.9. The van der Waals surface area contributed by atoms with E-state index < -0.39 is 15.6 Å². The normalized spacial score (nSPS) is 14.0. The van der Waals surface area contributed by atoms with Gasteiger partial charge >= 0.3 is 0 Å². The summed E-state index contributed by atoms with van der Waals surface area (Å²) in [7, 11) is -3.75. The number of carbonyl (C=O) groups excluding carboxylic acids is 1. The lowest BCUT2D eigenvalue weighted by Crippen LogP contribution is -2.45. The van der Waals surface area contributed by atoms with Crippen molar-refractivity contribution in [1.82, 2.24) is 5.32 Å². The molecule has 28 heavy (non-hydrogen) atoms.